The Morgan fingerprint density at radius 1 is 1.20 bits per heavy atom. The van der Waals surface area contributed by atoms with Gasteiger partial charge in [-0.15, -0.1) is 0 Å². The summed E-state index contributed by atoms with van der Waals surface area (Å²) in [5, 5.41) is 0. The number of hydrogen-bond acceptors (Lipinski definition) is 2. The minimum absolute atomic E-state index is 0.0235. The van der Waals surface area contributed by atoms with Gasteiger partial charge in [0.15, 0.2) is 0 Å². The first-order valence-electron chi connectivity index (χ1n) is 5.44. The van der Waals surface area contributed by atoms with Gasteiger partial charge < -0.3 is 0 Å². The van der Waals surface area contributed by atoms with Crippen molar-refractivity contribution in [2.45, 2.75) is 61.0 Å². The fourth-order valence-electron chi connectivity index (χ4n) is 1.23. The van der Waals surface area contributed by atoms with Crippen LogP contribution in [0.1, 0.15) is 54.9 Å². The van der Waals surface area contributed by atoms with Crippen LogP contribution in [0, 0.1) is 10.8 Å². The summed E-state index contributed by atoms with van der Waals surface area (Å²) in [7, 11) is 0. The van der Waals surface area contributed by atoms with Gasteiger partial charge in [0, 0.05) is 6.92 Å². The highest BCUT2D eigenvalue weighted by atomic mass is 16.7. The highest BCUT2D eigenvalue weighted by molar-refractivity contribution is 5.71. The van der Waals surface area contributed by atoms with E-state index in [1.54, 1.807) is 0 Å². The third kappa shape index (κ3) is 7.37. The van der Waals surface area contributed by atoms with Crippen LogP contribution >= 0.6 is 0 Å². The van der Waals surface area contributed by atoms with E-state index in [-0.39, 0.29) is 22.8 Å². The molecule has 1 amide bonds. The zero-order chi connectivity index (χ0) is 12.3. The lowest BCUT2D eigenvalue weighted by molar-refractivity contribution is -0.146. The van der Waals surface area contributed by atoms with Gasteiger partial charge in [0.1, 0.15) is 0 Å². The maximum absolute atomic E-state index is 10.8. The van der Waals surface area contributed by atoms with Crippen LogP contribution < -0.4 is 5.48 Å². The summed E-state index contributed by atoms with van der Waals surface area (Å²) in [6, 6.07) is 0. The molecular weight excluding hydrogens is 190 g/mol. The van der Waals surface area contributed by atoms with Crippen molar-refractivity contribution in [2.24, 2.45) is 10.8 Å². The molecular formula is C12H25NO2. The lowest BCUT2D eigenvalue weighted by Crippen LogP contribution is -2.38. The van der Waals surface area contributed by atoms with Crippen molar-refractivity contribution in [1.82, 2.24) is 5.48 Å². The van der Waals surface area contributed by atoms with Crippen molar-refractivity contribution >= 4 is 5.91 Å². The van der Waals surface area contributed by atoms with E-state index in [0.29, 0.717) is 0 Å². The molecule has 0 aromatic carbocycles. The van der Waals surface area contributed by atoms with Crippen LogP contribution in [0.25, 0.3) is 0 Å². The number of hydroxylamine groups is 1. The largest absolute Gasteiger partial charge is 0.273 e. The first-order valence-corrected chi connectivity index (χ1v) is 5.44. The highest BCUT2D eigenvalue weighted by Gasteiger charge is 2.30. The van der Waals surface area contributed by atoms with Crippen molar-refractivity contribution in [3.8, 4) is 0 Å². The third-order valence-electron chi connectivity index (χ3n) is 2.11. The number of amides is 1. The SMILES string of the molecule is CC(=O)NOC(CC(C)(C)C)C(C)(C)C. The van der Waals surface area contributed by atoms with Gasteiger partial charge in [0.25, 0.3) is 0 Å². The molecule has 0 saturated heterocycles. The van der Waals surface area contributed by atoms with Gasteiger partial charge in [-0.1, -0.05) is 41.5 Å². The standard InChI is InChI=1S/C12H25NO2/c1-9(14)13-15-10(12(5,6)7)8-11(2,3)4/h10H,8H2,1-7H3,(H,13,14). The predicted octanol–water partition coefficient (Wildman–Crippen LogP) is 2.91. The van der Waals surface area contributed by atoms with E-state index >= 15 is 0 Å². The van der Waals surface area contributed by atoms with Gasteiger partial charge in [-0.05, 0) is 17.3 Å². The number of nitrogens with one attached hydrogen (secondary N) is 1. The molecule has 0 aliphatic heterocycles. The molecule has 0 aromatic rings. The summed E-state index contributed by atoms with van der Waals surface area (Å²) in [6.07, 6.45) is 0.943. The minimum Gasteiger partial charge on any atom is -0.273 e. The Balaban J connectivity index is 4.40. The first kappa shape index (κ1) is 14.4. The van der Waals surface area contributed by atoms with Crippen LogP contribution in [0.3, 0.4) is 0 Å². The zero-order valence-electron chi connectivity index (χ0n) is 11.1. The Labute approximate surface area is 93.5 Å². The van der Waals surface area contributed by atoms with Crippen LogP contribution in [-0.4, -0.2) is 12.0 Å². The number of hydrogen-bond donors (Lipinski definition) is 1. The molecule has 3 nitrogen and oxygen atoms in total. The molecule has 0 rings (SSSR count). The van der Waals surface area contributed by atoms with E-state index in [1.165, 1.54) is 6.92 Å². The molecule has 15 heavy (non-hydrogen) atoms. The fraction of sp³-hybridized carbons (Fsp3) is 0.917. The van der Waals surface area contributed by atoms with Crippen molar-refractivity contribution in [3.05, 3.63) is 0 Å². The smallest absolute Gasteiger partial charge is 0.240 e. The molecule has 0 saturated carbocycles. The Kier molecular flexibility index (Phi) is 4.78. The fourth-order valence-corrected chi connectivity index (χ4v) is 1.23. The van der Waals surface area contributed by atoms with Gasteiger partial charge in [-0.2, -0.15) is 0 Å². The van der Waals surface area contributed by atoms with Crippen molar-refractivity contribution < 1.29 is 9.63 Å². The van der Waals surface area contributed by atoms with Crippen molar-refractivity contribution in [2.75, 3.05) is 0 Å². The normalized spacial score (nSPS) is 14.9. The van der Waals surface area contributed by atoms with E-state index in [1.807, 2.05) is 0 Å². The molecule has 0 heterocycles. The summed E-state index contributed by atoms with van der Waals surface area (Å²) in [6.45, 7) is 14.3. The predicted molar refractivity (Wildman–Crippen MR) is 62.2 cm³/mol. The van der Waals surface area contributed by atoms with Crippen LogP contribution in [0.5, 0.6) is 0 Å². The van der Waals surface area contributed by atoms with E-state index < -0.39 is 0 Å². The average Bonchev–Trinajstić information content (AvgIpc) is 1.93. The quantitative estimate of drug-likeness (QED) is 0.735. The minimum atomic E-state index is -0.154. The molecule has 0 bridgehead atoms. The molecule has 3 heteroatoms. The molecule has 1 unspecified atom stereocenters. The third-order valence-corrected chi connectivity index (χ3v) is 2.11. The molecule has 1 atom stereocenters. The molecule has 1 N–H and O–H groups in total. The molecule has 90 valence electrons. The van der Waals surface area contributed by atoms with E-state index in [4.69, 9.17) is 4.84 Å². The first-order chi connectivity index (χ1) is 6.52. The maximum atomic E-state index is 10.8. The summed E-state index contributed by atoms with van der Waals surface area (Å²) < 4.78 is 0. The molecule has 0 aliphatic carbocycles. The van der Waals surface area contributed by atoms with Crippen molar-refractivity contribution in [3.63, 3.8) is 0 Å². The summed E-state index contributed by atoms with van der Waals surface area (Å²) in [5.74, 6) is -0.154. The van der Waals surface area contributed by atoms with Gasteiger partial charge in [0.05, 0.1) is 6.10 Å². The summed E-state index contributed by atoms with van der Waals surface area (Å²) in [5.41, 5.74) is 2.65. The van der Waals surface area contributed by atoms with Crippen molar-refractivity contribution in [1.29, 1.82) is 0 Å². The Bertz CT molecular complexity index is 211. The van der Waals surface area contributed by atoms with Crippen LogP contribution in [0.4, 0.5) is 0 Å². The monoisotopic (exact) mass is 215 g/mol. The molecule has 0 fully saturated rings. The van der Waals surface area contributed by atoms with E-state index in [0.717, 1.165) is 6.42 Å². The Hall–Kier alpha value is -0.570. The molecule has 0 radical (unpaired) electrons. The second-order valence-corrected chi connectivity index (χ2v) is 6.40. The summed E-state index contributed by atoms with van der Waals surface area (Å²) in [4.78, 5) is 16.2. The zero-order valence-corrected chi connectivity index (χ0v) is 11.1. The second kappa shape index (κ2) is 4.97. The number of carbonyl (C=O) groups is 1. The summed E-state index contributed by atoms with van der Waals surface area (Å²) >= 11 is 0. The lowest BCUT2D eigenvalue weighted by atomic mass is 9.79. The second-order valence-electron chi connectivity index (χ2n) is 6.40. The lowest BCUT2D eigenvalue weighted by Gasteiger charge is -2.34. The van der Waals surface area contributed by atoms with Gasteiger partial charge >= 0.3 is 0 Å². The van der Waals surface area contributed by atoms with Crippen LogP contribution in [0.2, 0.25) is 0 Å². The highest BCUT2D eigenvalue weighted by Crippen LogP contribution is 2.32. The van der Waals surface area contributed by atoms with Crippen LogP contribution in [-0.2, 0) is 9.63 Å². The topological polar surface area (TPSA) is 38.3 Å². The number of rotatable bonds is 3. The van der Waals surface area contributed by atoms with Gasteiger partial charge in [0.2, 0.25) is 5.91 Å². The van der Waals surface area contributed by atoms with Gasteiger partial charge in [-0.25, -0.2) is 5.48 Å². The average molecular weight is 215 g/mol. The molecule has 0 aliphatic rings. The molecule has 0 aromatic heterocycles. The Morgan fingerprint density at radius 3 is 1.93 bits per heavy atom. The Morgan fingerprint density at radius 2 is 1.67 bits per heavy atom. The number of carbonyl (C=O) groups excluding carboxylic acids is 1. The van der Waals surface area contributed by atoms with E-state index in [9.17, 15) is 4.79 Å². The molecule has 0 spiro atoms. The van der Waals surface area contributed by atoms with E-state index in [2.05, 4.69) is 47.0 Å². The van der Waals surface area contributed by atoms with Gasteiger partial charge in [-0.3, -0.25) is 9.63 Å². The van der Waals surface area contributed by atoms with Crippen LogP contribution in [0.15, 0.2) is 0 Å². The maximum Gasteiger partial charge on any atom is 0.240 e.